The van der Waals surface area contributed by atoms with Gasteiger partial charge < -0.3 is 10.6 Å². The van der Waals surface area contributed by atoms with Gasteiger partial charge in [0.2, 0.25) is 5.91 Å². The first kappa shape index (κ1) is 15.9. The second-order valence-corrected chi connectivity index (χ2v) is 6.73. The van der Waals surface area contributed by atoms with Crippen LogP contribution in [0.15, 0.2) is 24.3 Å². The van der Waals surface area contributed by atoms with Crippen LogP contribution in [0.1, 0.15) is 16.1 Å². The van der Waals surface area contributed by atoms with Gasteiger partial charge in [0.1, 0.15) is 5.82 Å². The standard InChI is InChI=1S/C16H18FN3O2S/c17-12-3-1-4-13-11(12)9-14(23-13)16(22)20-6-2-5-19(7-8-20)10-15(18)21/h1,3-4,9H,2,5-8,10H2,(H2,18,21). The lowest BCUT2D eigenvalue weighted by Crippen LogP contribution is -2.38. The highest BCUT2D eigenvalue weighted by Crippen LogP contribution is 2.28. The maximum atomic E-state index is 13.8. The molecule has 23 heavy (non-hydrogen) atoms. The molecule has 3 rings (SSSR count). The van der Waals surface area contributed by atoms with Crippen LogP contribution in [0, 0.1) is 5.82 Å². The number of benzene rings is 1. The lowest BCUT2D eigenvalue weighted by atomic mass is 10.2. The molecule has 122 valence electrons. The minimum Gasteiger partial charge on any atom is -0.369 e. The first-order valence-corrected chi connectivity index (χ1v) is 8.34. The molecule has 0 radical (unpaired) electrons. The molecule has 1 aromatic heterocycles. The van der Waals surface area contributed by atoms with Crippen molar-refractivity contribution in [3.05, 3.63) is 35.0 Å². The summed E-state index contributed by atoms with van der Waals surface area (Å²) in [6.45, 7) is 2.76. The molecule has 1 fully saturated rings. The van der Waals surface area contributed by atoms with Crippen molar-refractivity contribution in [2.45, 2.75) is 6.42 Å². The minimum absolute atomic E-state index is 0.0773. The van der Waals surface area contributed by atoms with Crippen LogP contribution < -0.4 is 5.73 Å². The summed E-state index contributed by atoms with van der Waals surface area (Å²) in [5, 5.41) is 0.492. The monoisotopic (exact) mass is 335 g/mol. The molecule has 0 aliphatic carbocycles. The largest absolute Gasteiger partial charge is 0.369 e. The Morgan fingerprint density at radius 2 is 2.04 bits per heavy atom. The molecule has 1 aliphatic rings. The van der Waals surface area contributed by atoms with Gasteiger partial charge in [-0.2, -0.15) is 0 Å². The third-order valence-electron chi connectivity index (χ3n) is 3.97. The zero-order chi connectivity index (χ0) is 16.4. The van der Waals surface area contributed by atoms with Gasteiger partial charge in [0.05, 0.1) is 11.4 Å². The summed E-state index contributed by atoms with van der Waals surface area (Å²) >= 11 is 1.31. The summed E-state index contributed by atoms with van der Waals surface area (Å²) in [6.07, 6.45) is 0.790. The van der Waals surface area contributed by atoms with Gasteiger partial charge in [0, 0.05) is 36.3 Å². The molecule has 2 aromatic rings. The number of amides is 2. The van der Waals surface area contributed by atoms with E-state index >= 15 is 0 Å². The van der Waals surface area contributed by atoms with Gasteiger partial charge in [-0.3, -0.25) is 14.5 Å². The van der Waals surface area contributed by atoms with Crippen LogP contribution in [0.4, 0.5) is 4.39 Å². The van der Waals surface area contributed by atoms with Crippen LogP contribution in [-0.2, 0) is 4.79 Å². The Bertz CT molecular complexity index is 746. The smallest absolute Gasteiger partial charge is 0.264 e. The van der Waals surface area contributed by atoms with E-state index in [-0.39, 0.29) is 24.2 Å². The number of hydrogen-bond donors (Lipinski definition) is 1. The number of fused-ring (bicyclic) bond motifs is 1. The molecule has 2 amide bonds. The molecule has 0 saturated carbocycles. The maximum Gasteiger partial charge on any atom is 0.264 e. The highest BCUT2D eigenvalue weighted by Gasteiger charge is 2.22. The van der Waals surface area contributed by atoms with Crippen LogP contribution in [0.5, 0.6) is 0 Å². The molecule has 5 nitrogen and oxygen atoms in total. The highest BCUT2D eigenvalue weighted by atomic mass is 32.1. The molecule has 0 spiro atoms. The van der Waals surface area contributed by atoms with E-state index in [0.29, 0.717) is 29.9 Å². The van der Waals surface area contributed by atoms with Crippen LogP contribution >= 0.6 is 11.3 Å². The molecule has 1 aromatic carbocycles. The summed E-state index contributed by atoms with van der Waals surface area (Å²) in [4.78, 5) is 28.0. The number of thiophene rings is 1. The molecular formula is C16H18FN3O2S. The average molecular weight is 335 g/mol. The first-order chi connectivity index (χ1) is 11.0. The lowest BCUT2D eigenvalue weighted by Gasteiger charge is -2.20. The third-order valence-corrected chi connectivity index (χ3v) is 5.06. The van der Waals surface area contributed by atoms with Gasteiger partial charge >= 0.3 is 0 Å². The Morgan fingerprint density at radius 3 is 2.78 bits per heavy atom. The van der Waals surface area contributed by atoms with E-state index in [1.165, 1.54) is 17.4 Å². The van der Waals surface area contributed by atoms with Crippen LogP contribution in [0.25, 0.3) is 10.1 Å². The van der Waals surface area contributed by atoms with Gasteiger partial charge in [0.15, 0.2) is 0 Å². The highest BCUT2D eigenvalue weighted by molar-refractivity contribution is 7.20. The lowest BCUT2D eigenvalue weighted by molar-refractivity contribution is -0.119. The topological polar surface area (TPSA) is 66.6 Å². The van der Waals surface area contributed by atoms with Crippen molar-refractivity contribution in [2.75, 3.05) is 32.7 Å². The van der Waals surface area contributed by atoms with E-state index in [1.807, 2.05) is 11.0 Å². The number of carbonyl (C=O) groups is 2. The number of halogens is 1. The Hall–Kier alpha value is -1.99. The predicted octanol–water partition coefficient (Wildman–Crippen LogP) is 1.67. The Labute approximate surface area is 137 Å². The van der Waals surface area contributed by atoms with Crippen LogP contribution in [0.2, 0.25) is 0 Å². The quantitative estimate of drug-likeness (QED) is 0.928. The second-order valence-electron chi connectivity index (χ2n) is 5.65. The van der Waals surface area contributed by atoms with E-state index in [1.54, 1.807) is 17.0 Å². The summed E-state index contributed by atoms with van der Waals surface area (Å²) in [6, 6.07) is 6.49. The van der Waals surface area contributed by atoms with Gasteiger partial charge in [0.25, 0.3) is 5.91 Å². The molecule has 1 saturated heterocycles. The fourth-order valence-electron chi connectivity index (χ4n) is 2.84. The van der Waals surface area contributed by atoms with Crippen molar-refractivity contribution in [2.24, 2.45) is 5.73 Å². The number of nitrogens with two attached hydrogens (primary N) is 1. The normalized spacial score (nSPS) is 16.5. The first-order valence-electron chi connectivity index (χ1n) is 7.52. The van der Waals surface area contributed by atoms with Crippen molar-refractivity contribution >= 4 is 33.2 Å². The average Bonchev–Trinajstić information content (AvgIpc) is 2.82. The number of nitrogens with zero attached hydrogens (tertiary/aromatic N) is 2. The molecule has 2 N–H and O–H groups in total. The Morgan fingerprint density at radius 1 is 1.22 bits per heavy atom. The molecule has 0 unspecified atom stereocenters. The van der Waals surface area contributed by atoms with E-state index in [2.05, 4.69) is 0 Å². The van der Waals surface area contributed by atoms with Gasteiger partial charge in [-0.25, -0.2) is 4.39 Å². The Kier molecular flexibility index (Phi) is 4.58. The minimum atomic E-state index is -0.357. The molecular weight excluding hydrogens is 317 g/mol. The number of carbonyl (C=O) groups excluding carboxylic acids is 2. The summed E-state index contributed by atoms with van der Waals surface area (Å²) in [7, 11) is 0. The summed E-state index contributed by atoms with van der Waals surface area (Å²) in [5.41, 5.74) is 5.22. The fourth-order valence-corrected chi connectivity index (χ4v) is 3.88. The summed E-state index contributed by atoms with van der Waals surface area (Å²) in [5.74, 6) is -0.738. The number of rotatable bonds is 3. The molecule has 7 heteroatoms. The van der Waals surface area contributed by atoms with Crippen LogP contribution in [0.3, 0.4) is 0 Å². The third kappa shape index (κ3) is 3.51. The van der Waals surface area contributed by atoms with Crippen molar-refractivity contribution in [3.63, 3.8) is 0 Å². The molecule has 0 bridgehead atoms. The summed E-state index contributed by atoms with van der Waals surface area (Å²) < 4.78 is 14.6. The van der Waals surface area contributed by atoms with Crippen molar-refractivity contribution in [3.8, 4) is 0 Å². The molecule has 0 atom stereocenters. The van der Waals surface area contributed by atoms with Gasteiger partial charge in [-0.1, -0.05) is 6.07 Å². The molecule has 2 heterocycles. The van der Waals surface area contributed by atoms with Gasteiger partial charge in [-0.05, 0) is 24.6 Å². The second kappa shape index (κ2) is 6.64. The van der Waals surface area contributed by atoms with Crippen molar-refractivity contribution in [1.82, 2.24) is 9.80 Å². The van der Waals surface area contributed by atoms with E-state index in [9.17, 15) is 14.0 Å². The zero-order valence-corrected chi connectivity index (χ0v) is 13.4. The van der Waals surface area contributed by atoms with E-state index in [0.717, 1.165) is 17.7 Å². The van der Waals surface area contributed by atoms with E-state index < -0.39 is 0 Å². The van der Waals surface area contributed by atoms with Gasteiger partial charge in [-0.15, -0.1) is 11.3 Å². The number of hydrogen-bond acceptors (Lipinski definition) is 4. The molecule has 1 aliphatic heterocycles. The fraction of sp³-hybridized carbons (Fsp3) is 0.375. The predicted molar refractivity (Wildman–Crippen MR) is 87.9 cm³/mol. The SMILES string of the molecule is NC(=O)CN1CCCN(C(=O)c2cc3c(F)cccc3s2)CC1. The van der Waals surface area contributed by atoms with Crippen molar-refractivity contribution < 1.29 is 14.0 Å². The van der Waals surface area contributed by atoms with Crippen LogP contribution in [-0.4, -0.2) is 54.3 Å². The maximum absolute atomic E-state index is 13.8. The van der Waals surface area contributed by atoms with Crippen molar-refractivity contribution in [1.29, 1.82) is 0 Å². The zero-order valence-electron chi connectivity index (χ0n) is 12.6. The Balaban J connectivity index is 1.74. The van der Waals surface area contributed by atoms with E-state index in [4.69, 9.17) is 5.73 Å². The number of primary amides is 1.